The Morgan fingerprint density at radius 3 is 2.45 bits per heavy atom. The summed E-state index contributed by atoms with van der Waals surface area (Å²) < 4.78 is 0.841. The van der Waals surface area contributed by atoms with E-state index in [2.05, 4.69) is 7.05 Å². The van der Waals surface area contributed by atoms with Gasteiger partial charge in [0.15, 0.2) is 6.04 Å². The van der Waals surface area contributed by atoms with E-state index in [1.54, 1.807) is 0 Å². The lowest BCUT2D eigenvalue weighted by molar-refractivity contribution is -0.928. The molecule has 1 fully saturated rings. The van der Waals surface area contributed by atoms with Crippen LogP contribution in [0.3, 0.4) is 0 Å². The molecule has 0 aliphatic carbocycles. The number of likely N-dealkylation sites (N-methyl/N-ethyl adjacent to an activating group) is 1. The molecule has 1 unspecified atom stereocenters. The number of carbonyl (C=O) groups is 1. The van der Waals surface area contributed by atoms with Crippen molar-refractivity contribution in [1.29, 1.82) is 0 Å². The highest BCUT2D eigenvalue weighted by Crippen LogP contribution is 2.25. The van der Waals surface area contributed by atoms with Gasteiger partial charge in [-0.1, -0.05) is 30.3 Å². The molecule has 1 aromatic carbocycles. The molecule has 110 valence electrons. The fourth-order valence-electron chi connectivity index (χ4n) is 3.35. The Labute approximate surface area is 121 Å². The monoisotopic (exact) mass is 276 g/mol. The second-order valence-corrected chi connectivity index (χ2v) is 6.10. The lowest BCUT2D eigenvalue weighted by atomic mass is 9.94. The van der Waals surface area contributed by atoms with E-state index in [-0.39, 0.29) is 18.4 Å². The molecule has 0 amide bonds. The zero-order valence-corrected chi connectivity index (χ0v) is 12.4. The number of Topliss-reactive ketones (excluding diaryl/α,β-unsaturated/α-hetero) is 1. The van der Waals surface area contributed by atoms with Crippen LogP contribution in [-0.2, 0) is 0 Å². The lowest BCUT2D eigenvalue weighted by Gasteiger charge is -2.43. The highest BCUT2D eigenvalue weighted by molar-refractivity contribution is 5.99. The number of benzene rings is 1. The van der Waals surface area contributed by atoms with Gasteiger partial charge in [0, 0.05) is 18.6 Å². The van der Waals surface area contributed by atoms with Crippen LogP contribution in [0.4, 0.5) is 0 Å². The molecule has 1 aromatic rings. The number of aliphatic hydroxyl groups excluding tert-OH is 1. The zero-order valence-electron chi connectivity index (χ0n) is 12.4. The summed E-state index contributed by atoms with van der Waals surface area (Å²) in [5, 5.41) is 9.13. The Morgan fingerprint density at radius 2 is 1.85 bits per heavy atom. The number of nitrogens with zero attached hydrogens (tertiary/aromatic N) is 1. The maximum absolute atomic E-state index is 12.9. The molecule has 0 saturated carbocycles. The molecular weight excluding hydrogens is 250 g/mol. The first kappa shape index (κ1) is 15.2. The topological polar surface area (TPSA) is 37.3 Å². The summed E-state index contributed by atoms with van der Waals surface area (Å²) in [7, 11) is 2.21. The fraction of sp³-hybridized carbons (Fsp3) is 0.588. The van der Waals surface area contributed by atoms with E-state index in [1.165, 1.54) is 19.3 Å². The van der Waals surface area contributed by atoms with Gasteiger partial charge in [-0.05, 0) is 25.7 Å². The van der Waals surface area contributed by atoms with Crippen LogP contribution >= 0.6 is 0 Å². The third kappa shape index (κ3) is 3.47. The fourth-order valence-corrected chi connectivity index (χ4v) is 3.35. The minimum atomic E-state index is -0.00940. The Hall–Kier alpha value is -1.19. The zero-order chi connectivity index (χ0) is 14.4. The summed E-state index contributed by atoms with van der Waals surface area (Å²) in [6.45, 7) is 2.32. The molecular formula is C17H26NO2+. The van der Waals surface area contributed by atoms with E-state index < -0.39 is 0 Å². The predicted octanol–water partition coefficient (Wildman–Crippen LogP) is 2.64. The number of hydrogen-bond donors (Lipinski definition) is 1. The Bertz CT molecular complexity index is 424. The Balaban J connectivity index is 2.20. The number of likely N-dealkylation sites (tertiary alicyclic amines) is 1. The van der Waals surface area contributed by atoms with Crippen molar-refractivity contribution in [2.24, 2.45) is 0 Å². The molecule has 3 heteroatoms. The van der Waals surface area contributed by atoms with Gasteiger partial charge in [0.1, 0.15) is 0 Å². The predicted molar refractivity (Wildman–Crippen MR) is 80.6 cm³/mol. The highest BCUT2D eigenvalue weighted by Gasteiger charge is 2.38. The number of rotatable bonds is 6. The van der Waals surface area contributed by atoms with Crippen LogP contribution in [0.2, 0.25) is 0 Å². The molecule has 1 atom stereocenters. The van der Waals surface area contributed by atoms with E-state index in [0.717, 1.165) is 29.6 Å². The first-order chi connectivity index (χ1) is 9.67. The largest absolute Gasteiger partial charge is 0.396 e. The molecule has 1 aliphatic heterocycles. The molecule has 1 saturated heterocycles. The van der Waals surface area contributed by atoms with Crippen molar-refractivity contribution >= 4 is 5.78 Å². The minimum Gasteiger partial charge on any atom is -0.396 e. The lowest BCUT2D eigenvalue weighted by Crippen LogP contribution is -2.58. The molecule has 3 nitrogen and oxygen atoms in total. The Morgan fingerprint density at radius 1 is 1.20 bits per heavy atom. The first-order valence-corrected chi connectivity index (χ1v) is 7.72. The minimum absolute atomic E-state index is 0.00940. The van der Waals surface area contributed by atoms with Crippen LogP contribution in [0.5, 0.6) is 0 Å². The van der Waals surface area contributed by atoms with Gasteiger partial charge in [0.2, 0.25) is 5.78 Å². The van der Waals surface area contributed by atoms with Crippen molar-refractivity contribution in [2.45, 2.75) is 38.1 Å². The number of hydrogen-bond acceptors (Lipinski definition) is 2. The summed E-state index contributed by atoms with van der Waals surface area (Å²) in [6.07, 6.45) is 5.17. The third-order valence-electron chi connectivity index (χ3n) is 4.59. The van der Waals surface area contributed by atoms with E-state index >= 15 is 0 Å². The molecule has 0 radical (unpaired) electrons. The Kier molecular flexibility index (Phi) is 5.32. The van der Waals surface area contributed by atoms with Crippen molar-refractivity contribution in [2.75, 3.05) is 26.7 Å². The SMILES string of the molecule is C[N+]1(C(CCCO)C(=O)c2ccccc2)CCCCC1. The second kappa shape index (κ2) is 7.00. The highest BCUT2D eigenvalue weighted by atomic mass is 16.3. The molecule has 2 rings (SSSR count). The number of aliphatic hydroxyl groups is 1. The summed E-state index contributed by atoms with van der Waals surface area (Å²) in [4.78, 5) is 12.9. The van der Waals surface area contributed by atoms with Gasteiger partial charge in [0.25, 0.3) is 0 Å². The summed E-state index contributed by atoms with van der Waals surface area (Å²) in [5.41, 5.74) is 0.806. The number of quaternary nitrogens is 1. The van der Waals surface area contributed by atoms with Gasteiger partial charge in [-0.3, -0.25) is 4.79 Å². The number of ketones is 1. The van der Waals surface area contributed by atoms with Crippen LogP contribution in [0, 0.1) is 0 Å². The second-order valence-electron chi connectivity index (χ2n) is 6.10. The molecule has 0 spiro atoms. The van der Waals surface area contributed by atoms with Crippen molar-refractivity contribution in [3.05, 3.63) is 35.9 Å². The van der Waals surface area contributed by atoms with Crippen molar-refractivity contribution in [3.8, 4) is 0 Å². The average molecular weight is 276 g/mol. The van der Waals surface area contributed by atoms with E-state index in [9.17, 15) is 4.79 Å². The van der Waals surface area contributed by atoms with E-state index in [1.807, 2.05) is 30.3 Å². The molecule has 1 heterocycles. The van der Waals surface area contributed by atoms with E-state index in [4.69, 9.17) is 5.11 Å². The number of carbonyl (C=O) groups excluding carboxylic acids is 1. The molecule has 20 heavy (non-hydrogen) atoms. The maximum atomic E-state index is 12.9. The van der Waals surface area contributed by atoms with Crippen molar-refractivity contribution < 1.29 is 14.4 Å². The van der Waals surface area contributed by atoms with Crippen LogP contribution in [0.1, 0.15) is 42.5 Å². The first-order valence-electron chi connectivity index (χ1n) is 7.72. The van der Waals surface area contributed by atoms with Crippen LogP contribution in [0.15, 0.2) is 30.3 Å². The van der Waals surface area contributed by atoms with Gasteiger partial charge in [-0.25, -0.2) is 0 Å². The molecule has 0 bridgehead atoms. The summed E-state index contributed by atoms with van der Waals surface area (Å²) >= 11 is 0. The quantitative estimate of drug-likeness (QED) is 0.640. The van der Waals surface area contributed by atoms with Crippen LogP contribution in [0.25, 0.3) is 0 Å². The van der Waals surface area contributed by atoms with Gasteiger partial charge < -0.3 is 9.59 Å². The van der Waals surface area contributed by atoms with E-state index in [0.29, 0.717) is 6.42 Å². The number of piperidine rings is 1. The average Bonchev–Trinajstić information content (AvgIpc) is 2.49. The molecule has 0 aromatic heterocycles. The summed E-state index contributed by atoms with van der Waals surface area (Å²) in [5.74, 6) is 0.239. The van der Waals surface area contributed by atoms with Crippen molar-refractivity contribution in [3.63, 3.8) is 0 Å². The van der Waals surface area contributed by atoms with Crippen LogP contribution < -0.4 is 0 Å². The molecule has 1 N–H and O–H groups in total. The van der Waals surface area contributed by atoms with Gasteiger partial charge in [-0.2, -0.15) is 0 Å². The standard InChI is InChI=1S/C17H26NO2/c1-18(12-6-3-7-13-18)16(11-8-14-19)17(20)15-9-4-2-5-10-15/h2,4-5,9-10,16,19H,3,6-8,11-14H2,1H3/q+1. The normalized spacial score (nSPS) is 19.5. The maximum Gasteiger partial charge on any atom is 0.219 e. The molecule has 1 aliphatic rings. The smallest absolute Gasteiger partial charge is 0.219 e. The van der Waals surface area contributed by atoms with Crippen LogP contribution in [-0.4, -0.2) is 48.2 Å². The van der Waals surface area contributed by atoms with Gasteiger partial charge in [0.05, 0.1) is 20.1 Å². The van der Waals surface area contributed by atoms with Gasteiger partial charge in [-0.15, -0.1) is 0 Å². The van der Waals surface area contributed by atoms with Crippen molar-refractivity contribution in [1.82, 2.24) is 0 Å². The summed E-state index contributed by atoms with van der Waals surface area (Å²) in [6, 6.07) is 9.59. The van der Waals surface area contributed by atoms with Gasteiger partial charge >= 0.3 is 0 Å². The third-order valence-corrected chi connectivity index (χ3v) is 4.59.